The first kappa shape index (κ1) is 15.7. The van der Waals surface area contributed by atoms with Gasteiger partial charge in [-0.25, -0.2) is 4.98 Å². The monoisotopic (exact) mass is 266 g/mol. The number of imidazole rings is 1. The fraction of sp³-hybridized carbons (Fsp3) is 0.714. The first-order valence-electron chi connectivity index (χ1n) is 7.16. The quantitative estimate of drug-likeness (QED) is 0.640. The molecule has 2 unspecified atom stereocenters. The lowest BCUT2D eigenvalue weighted by molar-refractivity contribution is -0.122. The molecule has 108 valence electrons. The van der Waals surface area contributed by atoms with E-state index in [0.717, 1.165) is 31.5 Å². The molecule has 1 aromatic rings. The van der Waals surface area contributed by atoms with Gasteiger partial charge in [0.05, 0.1) is 6.04 Å². The third kappa shape index (κ3) is 5.87. The number of nitrogens with two attached hydrogens (primary N) is 1. The van der Waals surface area contributed by atoms with Gasteiger partial charge in [-0.2, -0.15) is 0 Å². The van der Waals surface area contributed by atoms with Crippen LogP contribution in [0.15, 0.2) is 12.4 Å². The number of nitrogens with zero attached hydrogens (tertiary/aromatic N) is 1. The Balaban J connectivity index is 2.30. The van der Waals surface area contributed by atoms with Gasteiger partial charge >= 0.3 is 0 Å². The molecule has 0 saturated carbocycles. The molecule has 0 aliphatic rings. The van der Waals surface area contributed by atoms with Crippen molar-refractivity contribution in [2.75, 3.05) is 6.54 Å². The summed E-state index contributed by atoms with van der Waals surface area (Å²) >= 11 is 0. The lowest BCUT2D eigenvalue weighted by atomic mass is 9.94. The number of hydrogen-bond donors (Lipinski definition) is 3. The van der Waals surface area contributed by atoms with Crippen molar-refractivity contribution < 1.29 is 4.79 Å². The summed E-state index contributed by atoms with van der Waals surface area (Å²) in [6.07, 6.45) is 8.24. The van der Waals surface area contributed by atoms with Crippen molar-refractivity contribution >= 4 is 5.91 Å². The van der Waals surface area contributed by atoms with Crippen LogP contribution in [-0.4, -0.2) is 22.4 Å². The van der Waals surface area contributed by atoms with Crippen LogP contribution >= 0.6 is 0 Å². The summed E-state index contributed by atoms with van der Waals surface area (Å²) in [7, 11) is 0. The first-order valence-corrected chi connectivity index (χ1v) is 7.16. The zero-order chi connectivity index (χ0) is 14.1. The van der Waals surface area contributed by atoms with E-state index in [-0.39, 0.29) is 11.9 Å². The van der Waals surface area contributed by atoms with Gasteiger partial charge in [0, 0.05) is 18.8 Å². The van der Waals surface area contributed by atoms with Crippen LogP contribution < -0.4 is 11.1 Å². The van der Waals surface area contributed by atoms with Crippen molar-refractivity contribution in [3.05, 3.63) is 18.2 Å². The van der Waals surface area contributed by atoms with Gasteiger partial charge in [-0.15, -0.1) is 0 Å². The van der Waals surface area contributed by atoms with E-state index in [9.17, 15) is 4.79 Å². The van der Waals surface area contributed by atoms with Crippen molar-refractivity contribution in [3.8, 4) is 0 Å². The number of aromatic nitrogens is 2. The summed E-state index contributed by atoms with van der Waals surface area (Å²) in [6, 6.07) is -0.0679. The average molecular weight is 266 g/mol. The van der Waals surface area contributed by atoms with E-state index in [4.69, 9.17) is 5.73 Å². The largest absolute Gasteiger partial charge is 0.347 e. The number of hydrogen-bond acceptors (Lipinski definition) is 3. The molecule has 0 aliphatic carbocycles. The molecule has 0 aromatic carbocycles. The lowest BCUT2D eigenvalue weighted by Crippen LogP contribution is -2.27. The standard InChI is InChI=1S/C14H26N4O/c1-3-4-12(7-8-15)5-6-13(19)18-11(2)14-16-9-10-17-14/h9-12H,3-8,15H2,1-2H3,(H,16,17)(H,18,19). The molecule has 1 aromatic heterocycles. The van der Waals surface area contributed by atoms with E-state index in [1.54, 1.807) is 12.4 Å². The minimum Gasteiger partial charge on any atom is -0.347 e. The minimum atomic E-state index is -0.0679. The number of rotatable bonds is 9. The molecule has 19 heavy (non-hydrogen) atoms. The molecule has 1 heterocycles. The number of carbonyl (C=O) groups excluding carboxylic acids is 1. The third-order valence-electron chi connectivity index (χ3n) is 3.36. The Morgan fingerprint density at radius 3 is 2.84 bits per heavy atom. The second kappa shape index (κ2) is 8.69. The second-order valence-corrected chi connectivity index (χ2v) is 5.03. The van der Waals surface area contributed by atoms with E-state index in [1.165, 1.54) is 0 Å². The van der Waals surface area contributed by atoms with Crippen LogP contribution in [0, 0.1) is 5.92 Å². The highest BCUT2D eigenvalue weighted by atomic mass is 16.1. The van der Waals surface area contributed by atoms with Crippen LogP contribution in [0.5, 0.6) is 0 Å². The number of nitrogens with one attached hydrogen (secondary N) is 2. The fourth-order valence-corrected chi connectivity index (χ4v) is 2.31. The van der Waals surface area contributed by atoms with Crippen LogP contribution in [0.1, 0.15) is 57.8 Å². The molecule has 0 aliphatic heterocycles. The lowest BCUT2D eigenvalue weighted by Gasteiger charge is -2.16. The molecule has 1 amide bonds. The van der Waals surface area contributed by atoms with Crippen LogP contribution in [0.4, 0.5) is 0 Å². The van der Waals surface area contributed by atoms with Crippen molar-refractivity contribution in [1.29, 1.82) is 0 Å². The normalized spacial score (nSPS) is 14.1. The zero-order valence-electron chi connectivity index (χ0n) is 12.0. The first-order chi connectivity index (χ1) is 9.17. The predicted molar refractivity (Wildman–Crippen MR) is 76.4 cm³/mol. The highest BCUT2D eigenvalue weighted by Gasteiger charge is 2.13. The molecule has 0 saturated heterocycles. The van der Waals surface area contributed by atoms with Gasteiger partial charge in [0.2, 0.25) is 5.91 Å². The molecule has 5 nitrogen and oxygen atoms in total. The van der Waals surface area contributed by atoms with E-state index in [1.807, 2.05) is 6.92 Å². The van der Waals surface area contributed by atoms with Gasteiger partial charge < -0.3 is 16.0 Å². The van der Waals surface area contributed by atoms with E-state index < -0.39 is 0 Å². The molecule has 0 spiro atoms. The Morgan fingerprint density at radius 2 is 2.26 bits per heavy atom. The van der Waals surface area contributed by atoms with Crippen LogP contribution in [0.25, 0.3) is 0 Å². The summed E-state index contributed by atoms with van der Waals surface area (Å²) in [5.41, 5.74) is 5.60. The Labute approximate surface area is 115 Å². The number of H-pyrrole nitrogens is 1. The fourth-order valence-electron chi connectivity index (χ4n) is 2.31. The highest BCUT2D eigenvalue weighted by molar-refractivity contribution is 5.76. The number of aromatic amines is 1. The van der Waals surface area contributed by atoms with Crippen molar-refractivity contribution in [2.24, 2.45) is 11.7 Å². The van der Waals surface area contributed by atoms with Gasteiger partial charge in [-0.05, 0) is 32.2 Å². The molecular formula is C14H26N4O. The van der Waals surface area contributed by atoms with E-state index >= 15 is 0 Å². The van der Waals surface area contributed by atoms with Crippen molar-refractivity contribution in [1.82, 2.24) is 15.3 Å². The second-order valence-electron chi connectivity index (χ2n) is 5.03. The number of amides is 1. The van der Waals surface area contributed by atoms with E-state index in [2.05, 4.69) is 22.2 Å². The Bertz CT molecular complexity index is 344. The van der Waals surface area contributed by atoms with Crippen molar-refractivity contribution in [3.63, 3.8) is 0 Å². The summed E-state index contributed by atoms with van der Waals surface area (Å²) < 4.78 is 0. The summed E-state index contributed by atoms with van der Waals surface area (Å²) in [5.74, 6) is 1.45. The molecule has 1 rings (SSSR count). The number of carbonyl (C=O) groups is 1. The smallest absolute Gasteiger partial charge is 0.220 e. The summed E-state index contributed by atoms with van der Waals surface area (Å²) in [4.78, 5) is 19.0. The van der Waals surface area contributed by atoms with E-state index in [0.29, 0.717) is 18.9 Å². The SMILES string of the molecule is CCCC(CCN)CCC(=O)NC(C)c1ncc[nH]1. The Morgan fingerprint density at radius 1 is 1.47 bits per heavy atom. The van der Waals surface area contributed by atoms with Crippen LogP contribution in [0.3, 0.4) is 0 Å². The Kier molecular flexibility index (Phi) is 7.18. The van der Waals surface area contributed by atoms with Gasteiger partial charge in [-0.3, -0.25) is 4.79 Å². The van der Waals surface area contributed by atoms with Crippen molar-refractivity contribution in [2.45, 2.75) is 52.0 Å². The average Bonchev–Trinajstić information content (AvgIpc) is 2.90. The highest BCUT2D eigenvalue weighted by Crippen LogP contribution is 2.17. The summed E-state index contributed by atoms with van der Waals surface area (Å²) in [6.45, 7) is 4.80. The molecule has 0 bridgehead atoms. The molecule has 0 radical (unpaired) electrons. The van der Waals surface area contributed by atoms with Gasteiger partial charge in [0.25, 0.3) is 0 Å². The maximum absolute atomic E-state index is 11.9. The third-order valence-corrected chi connectivity index (χ3v) is 3.36. The zero-order valence-corrected chi connectivity index (χ0v) is 12.0. The van der Waals surface area contributed by atoms with Crippen LogP contribution in [-0.2, 0) is 4.79 Å². The minimum absolute atomic E-state index is 0.0679. The molecule has 4 N–H and O–H groups in total. The predicted octanol–water partition coefficient (Wildman–Crippen LogP) is 2.13. The molecule has 0 fully saturated rings. The topological polar surface area (TPSA) is 83.8 Å². The maximum Gasteiger partial charge on any atom is 0.220 e. The summed E-state index contributed by atoms with van der Waals surface area (Å²) in [5, 5.41) is 2.96. The molecule has 2 atom stereocenters. The molecular weight excluding hydrogens is 240 g/mol. The van der Waals surface area contributed by atoms with Gasteiger partial charge in [0.1, 0.15) is 5.82 Å². The molecule has 5 heteroatoms. The van der Waals surface area contributed by atoms with Gasteiger partial charge in [0.15, 0.2) is 0 Å². The van der Waals surface area contributed by atoms with Gasteiger partial charge in [-0.1, -0.05) is 19.8 Å². The maximum atomic E-state index is 11.9. The van der Waals surface area contributed by atoms with Crippen LogP contribution in [0.2, 0.25) is 0 Å². The Hall–Kier alpha value is -1.36.